The molecule has 0 aromatic heterocycles. The fraction of sp³-hybridized carbons (Fsp3) is 0.833. The van der Waals surface area contributed by atoms with Crippen LogP contribution in [0.2, 0.25) is 0 Å². The lowest BCUT2D eigenvalue weighted by Gasteiger charge is -2.19. The normalized spacial score (nSPS) is 14.1. The van der Waals surface area contributed by atoms with Crippen LogP contribution in [0.5, 0.6) is 0 Å². The van der Waals surface area contributed by atoms with E-state index in [9.17, 15) is 9.59 Å². The molecule has 5 nitrogen and oxygen atoms in total. The summed E-state index contributed by atoms with van der Waals surface area (Å²) in [7, 11) is 1.35. The van der Waals surface area contributed by atoms with E-state index in [0.717, 1.165) is 12.8 Å². The zero-order valence-corrected chi connectivity index (χ0v) is 10.9. The Morgan fingerprint density at radius 3 is 2.41 bits per heavy atom. The van der Waals surface area contributed by atoms with Gasteiger partial charge in [0.1, 0.15) is 6.04 Å². The van der Waals surface area contributed by atoms with E-state index in [4.69, 9.17) is 5.11 Å². The van der Waals surface area contributed by atoms with Gasteiger partial charge in [0.2, 0.25) is 0 Å². The number of rotatable bonds is 9. The van der Waals surface area contributed by atoms with Crippen molar-refractivity contribution in [2.45, 2.75) is 45.6 Å². The van der Waals surface area contributed by atoms with E-state index in [1.165, 1.54) is 7.11 Å². The van der Waals surface area contributed by atoms with Gasteiger partial charge in [-0.3, -0.25) is 9.59 Å². The Labute approximate surface area is 103 Å². The summed E-state index contributed by atoms with van der Waals surface area (Å²) in [6, 6.07) is -0.340. The standard InChI is InChI=1S/C12H23NO4/c1-4-6-9(7-11(14)15)8-13-10(5-2)12(16)17-3/h9-10,13H,4-8H2,1-3H3,(H,14,15). The van der Waals surface area contributed by atoms with Crippen LogP contribution in [0.3, 0.4) is 0 Å². The molecule has 5 heteroatoms. The number of methoxy groups -OCH3 is 1. The van der Waals surface area contributed by atoms with Gasteiger partial charge in [0.25, 0.3) is 0 Å². The maximum absolute atomic E-state index is 11.3. The van der Waals surface area contributed by atoms with E-state index < -0.39 is 5.97 Å². The third-order valence-corrected chi connectivity index (χ3v) is 2.71. The first-order valence-electron chi connectivity index (χ1n) is 6.08. The van der Waals surface area contributed by atoms with Crippen LogP contribution in [0.15, 0.2) is 0 Å². The largest absolute Gasteiger partial charge is 0.481 e. The van der Waals surface area contributed by atoms with E-state index in [2.05, 4.69) is 10.1 Å². The molecule has 0 aromatic rings. The fourth-order valence-corrected chi connectivity index (χ4v) is 1.78. The number of carbonyl (C=O) groups is 2. The van der Waals surface area contributed by atoms with Crippen molar-refractivity contribution >= 4 is 11.9 Å². The van der Waals surface area contributed by atoms with Gasteiger partial charge in [-0.05, 0) is 25.3 Å². The average molecular weight is 245 g/mol. The van der Waals surface area contributed by atoms with Crippen LogP contribution in [0.1, 0.15) is 39.5 Å². The summed E-state index contributed by atoms with van der Waals surface area (Å²) in [5.41, 5.74) is 0. The van der Waals surface area contributed by atoms with Crippen molar-refractivity contribution in [2.24, 2.45) is 5.92 Å². The highest BCUT2D eigenvalue weighted by Gasteiger charge is 2.19. The molecule has 0 saturated carbocycles. The van der Waals surface area contributed by atoms with E-state index in [-0.39, 0.29) is 24.3 Å². The van der Waals surface area contributed by atoms with Gasteiger partial charge in [-0.25, -0.2) is 0 Å². The number of esters is 1. The first-order chi connectivity index (χ1) is 8.04. The van der Waals surface area contributed by atoms with Gasteiger partial charge >= 0.3 is 11.9 Å². The molecule has 0 amide bonds. The molecule has 0 aromatic carbocycles. The second kappa shape index (κ2) is 8.98. The van der Waals surface area contributed by atoms with Crippen LogP contribution in [-0.4, -0.2) is 36.7 Å². The highest BCUT2D eigenvalue weighted by molar-refractivity contribution is 5.75. The summed E-state index contributed by atoms with van der Waals surface area (Å²) in [5, 5.41) is 11.8. The maximum atomic E-state index is 11.3. The molecule has 17 heavy (non-hydrogen) atoms. The zero-order valence-electron chi connectivity index (χ0n) is 10.9. The average Bonchev–Trinajstić information content (AvgIpc) is 2.28. The second-order valence-corrected chi connectivity index (χ2v) is 4.14. The Hall–Kier alpha value is -1.10. The monoisotopic (exact) mass is 245 g/mol. The molecule has 2 N–H and O–H groups in total. The molecule has 0 radical (unpaired) electrons. The van der Waals surface area contributed by atoms with E-state index >= 15 is 0 Å². The lowest BCUT2D eigenvalue weighted by Crippen LogP contribution is -2.40. The highest BCUT2D eigenvalue weighted by atomic mass is 16.5. The molecule has 0 spiro atoms. The van der Waals surface area contributed by atoms with Gasteiger partial charge in [0, 0.05) is 6.42 Å². The second-order valence-electron chi connectivity index (χ2n) is 4.14. The molecule has 0 saturated heterocycles. The van der Waals surface area contributed by atoms with Crippen molar-refractivity contribution in [1.82, 2.24) is 5.32 Å². The number of nitrogens with one attached hydrogen (secondary N) is 1. The van der Waals surface area contributed by atoms with E-state index in [0.29, 0.717) is 13.0 Å². The van der Waals surface area contributed by atoms with Gasteiger partial charge in [-0.1, -0.05) is 20.3 Å². The minimum Gasteiger partial charge on any atom is -0.481 e. The lowest BCUT2D eigenvalue weighted by molar-refractivity contribution is -0.143. The van der Waals surface area contributed by atoms with Gasteiger partial charge in [-0.2, -0.15) is 0 Å². The van der Waals surface area contributed by atoms with Crippen LogP contribution < -0.4 is 5.32 Å². The molecule has 0 fully saturated rings. The minimum atomic E-state index is -0.795. The molecule has 0 aliphatic carbocycles. The summed E-state index contributed by atoms with van der Waals surface area (Å²) in [6.45, 7) is 4.45. The number of aliphatic carboxylic acids is 1. The van der Waals surface area contributed by atoms with Gasteiger partial charge in [0.05, 0.1) is 7.11 Å². The molecule has 2 atom stereocenters. The number of carboxylic acid groups (broad SMARTS) is 1. The molecule has 0 aliphatic heterocycles. The number of carbonyl (C=O) groups excluding carboxylic acids is 1. The van der Waals surface area contributed by atoms with Crippen molar-refractivity contribution in [1.29, 1.82) is 0 Å². The minimum absolute atomic E-state index is 0.0659. The third-order valence-electron chi connectivity index (χ3n) is 2.71. The molecule has 0 rings (SSSR count). The van der Waals surface area contributed by atoms with Crippen molar-refractivity contribution < 1.29 is 19.4 Å². The van der Waals surface area contributed by atoms with Crippen molar-refractivity contribution in [3.05, 3.63) is 0 Å². The van der Waals surface area contributed by atoms with Gasteiger partial charge < -0.3 is 15.2 Å². The summed E-state index contributed by atoms with van der Waals surface area (Å²) in [5.74, 6) is -1.02. The summed E-state index contributed by atoms with van der Waals surface area (Å²) < 4.78 is 4.66. The fourth-order valence-electron chi connectivity index (χ4n) is 1.78. The van der Waals surface area contributed by atoms with E-state index in [1.54, 1.807) is 0 Å². The third kappa shape index (κ3) is 6.94. The van der Waals surface area contributed by atoms with Crippen LogP contribution in [0.25, 0.3) is 0 Å². The Bertz CT molecular complexity index is 243. The van der Waals surface area contributed by atoms with Gasteiger partial charge in [-0.15, -0.1) is 0 Å². The Morgan fingerprint density at radius 1 is 1.35 bits per heavy atom. The molecule has 0 heterocycles. The number of hydrogen-bond acceptors (Lipinski definition) is 4. The molecule has 0 bridgehead atoms. The molecule has 0 aliphatic rings. The maximum Gasteiger partial charge on any atom is 0.322 e. The summed E-state index contributed by atoms with van der Waals surface area (Å²) in [6.07, 6.45) is 2.56. The quantitative estimate of drug-likeness (QED) is 0.601. The molecular formula is C12H23NO4. The highest BCUT2D eigenvalue weighted by Crippen LogP contribution is 2.10. The van der Waals surface area contributed by atoms with Crippen molar-refractivity contribution in [3.63, 3.8) is 0 Å². The Balaban J connectivity index is 4.16. The smallest absolute Gasteiger partial charge is 0.322 e. The first kappa shape index (κ1) is 15.9. The van der Waals surface area contributed by atoms with Crippen LogP contribution in [0, 0.1) is 5.92 Å². The number of hydrogen-bond donors (Lipinski definition) is 2. The SMILES string of the molecule is CCCC(CNC(CC)C(=O)OC)CC(=O)O. The van der Waals surface area contributed by atoms with Crippen LogP contribution in [-0.2, 0) is 14.3 Å². The summed E-state index contributed by atoms with van der Waals surface area (Å²) >= 11 is 0. The number of carboxylic acids is 1. The van der Waals surface area contributed by atoms with Gasteiger partial charge in [0.15, 0.2) is 0 Å². The van der Waals surface area contributed by atoms with E-state index in [1.807, 2.05) is 13.8 Å². The first-order valence-corrected chi connectivity index (χ1v) is 6.08. The zero-order chi connectivity index (χ0) is 13.3. The van der Waals surface area contributed by atoms with Crippen LogP contribution >= 0.6 is 0 Å². The predicted octanol–water partition coefficient (Wildman–Crippen LogP) is 1.42. The summed E-state index contributed by atoms with van der Waals surface area (Å²) in [4.78, 5) is 22.0. The number of ether oxygens (including phenoxy) is 1. The lowest BCUT2D eigenvalue weighted by atomic mass is 9.99. The Morgan fingerprint density at radius 2 is 2.00 bits per heavy atom. The molecule has 2 unspecified atom stereocenters. The van der Waals surface area contributed by atoms with Crippen molar-refractivity contribution in [3.8, 4) is 0 Å². The molecule has 100 valence electrons. The van der Waals surface area contributed by atoms with Crippen LogP contribution in [0.4, 0.5) is 0 Å². The molecular weight excluding hydrogens is 222 g/mol. The topological polar surface area (TPSA) is 75.6 Å². The van der Waals surface area contributed by atoms with Crippen molar-refractivity contribution in [2.75, 3.05) is 13.7 Å². The predicted molar refractivity (Wildman–Crippen MR) is 64.7 cm³/mol. The Kier molecular flexibility index (Phi) is 8.40.